The number of carbonyl (C=O) groups excluding carboxylic acids is 2. The average Bonchev–Trinajstić information content (AvgIpc) is 3.44. The standard InChI is InChI=1S/C71H131N2O7P/c1-7-10-13-16-19-22-25-28-30-32-33-34-35-36-37-38-39-40-41-42-44-46-49-52-55-58-61-64-71(75)80-69(62-59-56-53-50-47-27-24-21-18-15-12-9-3)68(67-79-81(76,77)78-66-65-73(4,5)6)72-70(74)63-60-57-54-51-48-45-43-31-29-26-23-20-17-14-11-8-2/h11,14,20,23,29,31,45,48,54,57,59,62,68-69H,7-10,12-13,15-19,21-22,24-28,30,32-44,46-47,49-53,55-56,58,60-61,63-67H2,1-6H3,(H-,72,74,76,77)/b14-11+,23-20+,31-29+,48-45+,57-54+,62-59-. The zero-order chi connectivity index (χ0) is 59.3. The molecule has 1 N–H and O–H groups in total. The molecule has 0 aromatic rings. The Hall–Kier alpha value is -2.55. The van der Waals surface area contributed by atoms with E-state index in [2.05, 4.69) is 74.7 Å². The highest BCUT2D eigenvalue weighted by molar-refractivity contribution is 7.45. The van der Waals surface area contributed by atoms with Gasteiger partial charge in [-0.25, -0.2) is 0 Å². The number of allylic oxidation sites excluding steroid dienone is 11. The van der Waals surface area contributed by atoms with Crippen LogP contribution < -0.4 is 10.2 Å². The number of amides is 1. The molecule has 3 atom stereocenters. The number of carbonyl (C=O) groups is 2. The third-order valence-corrected chi connectivity index (χ3v) is 16.1. The van der Waals surface area contributed by atoms with Gasteiger partial charge in [0.25, 0.3) is 7.82 Å². The predicted octanol–water partition coefficient (Wildman–Crippen LogP) is 20.9. The number of hydrogen-bond donors (Lipinski definition) is 1. The van der Waals surface area contributed by atoms with Crippen molar-refractivity contribution in [3.05, 3.63) is 72.9 Å². The first-order valence-electron chi connectivity index (χ1n) is 34.2. The Morgan fingerprint density at radius 2 is 0.802 bits per heavy atom. The van der Waals surface area contributed by atoms with Crippen molar-refractivity contribution in [2.24, 2.45) is 0 Å². The number of rotatable bonds is 62. The van der Waals surface area contributed by atoms with E-state index < -0.39 is 26.6 Å². The smallest absolute Gasteiger partial charge is 0.306 e. The van der Waals surface area contributed by atoms with Crippen molar-refractivity contribution in [1.29, 1.82) is 0 Å². The van der Waals surface area contributed by atoms with Crippen LogP contribution in [0.5, 0.6) is 0 Å². The molecule has 0 rings (SSSR count). The summed E-state index contributed by atoms with van der Waals surface area (Å²) >= 11 is 0. The maximum Gasteiger partial charge on any atom is 0.306 e. The van der Waals surface area contributed by atoms with Crippen LogP contribution in [0.3, 0.4) is 0 Å². The molecule has 0 aromatic carbocycles. The lowest BCUT2D eigenvalue weighted by molar-refractivity contribution is -0.870. The van der Waals surface area contributed by atoms with Crippen molar-refractivity contribution in [2.75, 3.05) is 40.9 Å². The summed E-state index contributed by atoms with van der Waals surface area (Å²) in [5, 5.41) is 2.98. The molecule has 10 heteroatoms. The molecule has 81 heavy (non-hydrogen) atoms. The van der Waals surface area contributed by atoms with E-state index in [9.17, 15) is 19.0 Å². The van der Waals surface area contributed by atoms with Crippen LogP contribution >= 0.6 is 7.82 Å². The molecule has 0 bridgehead atoms. The highest BCUT2D eigenvalue weighted by Gasteiger charge is 2.27. The maximum absolute atomic E-state index is 13.5. The summed E-state index contributed by atoms with van der Waals surface area (Å²) in [7, 11) is 1.14. The van der Waals surface area contributed by atoms with Crippen LogP contribution in [0.25, 0.3) is 0 Å². The van der Waals surface area contributed by atoms with Crippen LogP contribution in [0.4, 0.5) is 0 Å². The second-order valence-electron chi connectivity index (χ2n) is 24.3. The van der Waals surface area contributed by atoms with Crippen molar-refractivity contribution in [1.82, 2.24) is 5.32 Å². The molecular formula is C71H131N2O7P. The zero-order valence-corrected chi connectivity index (χ0v) is 54.9. The molecule has 0 spiro atoms. The van der Waals surface area contributed by atoms with Gasteiger partial charge < -0.3 is 28.5 Å². The minimum Gasteiger partial charge on any atom is -0.756 e. The number of hydrogen-bond acceptors (Lipinski definition) is 7. The van der Waals surface area contributed by atoms with Crippen LogP contribution in [-0.4, -0.2) is 69.4 Å². The number of nitrogens with one attached hydrogen (secondary N) is 1. The summed E-state index contributed by atoms with van der Waals surface area (Å²) in [5.74, 6) is -0.628. The highest BCUT2D eigenvalue weighted by Crippen LogP contribution is 2.38. The fraction of sp³-hybridized carbons (Fsp3) is 0.803. The Balaban J connectivity index is 5.07. The summed E-state index contributed by atoms with van der Waals surface area (Å²) in [4.78, 5) is 40.0. The van der Waals surface area contributed by atoms with Crippen molar-refractivity contribution >= 4 is 19.7 Å². The first-order chi connectivity index (χ1) is 39.4. The number of nitrogens with zero attached hydrogens (tertiary/aromatic N) is 1. The van der Waals surface area contributed by atoms with Gasteiger partial charge in [0.15, 0.2) is 0 Å². The van der Waals surface area contributed by atoms with E-state index in [1.165, 1.54) is 205 Å². The normalized spacial score (nSPS) is 14.0. The predicted molar refractivity (Wildman–Crippen MR) is 348 cm³/mol. The Bertz CT molecular complexity index is 1620. The van der Waals surface area contributed by atoms with Crippen LogP contribution in [0.1, 0.15) is 316 Å². The van der Waals surface area contributed by atoms with Crippen LogP contribution in [-0.2, 0) is 27.9 Å². The van der Waals surface area contributed by atoms with Crippen molar-refractivity contribution < 1.29 is 37.3 Å². The van der Waals surface area contributed by atoms with Crippen molar-refractivity contribution in [2.45, 2.75) is 328 Å². The second kappa shape index (κ2) is 60.6. The van der Waals surface area contributed by atoms with E-state index in [0.717, 1.165) is 70.6 Å². The minimum atomic E-state index is -4.72. The van der Waals surface area contributed by atoms with Gasteiger partial charge in [0.2, 0.25) is 5.91 Å². The topological polar surface area (TPSA) is 114 Å². The summed E-state index contributed by atoms with van der Waals surface area (Å²) in [6.07, 6.45) is 79.2. The van der Waals surface area contributed by atoms with Gasteiger partial charge in [-0.1, -0.05) is 312 Å². The quantitative estimate of drug-likeness (QED) is 0.0212. The summed E-state index contributed by atoms with van der Waals surface area (Å²) < 4.78 is 30.3. The molecule has 0 aliphatic heterocycles. The van der Waals surface area contributed by atoms with E-state index in [4.69, 9.17) is 13.8 Å². The molecule has 1 amide bonds. The lowest BCUT2D eigenvalue weighted by atomic mass is 10.0. The van der Waals surface area contributed by atoms with Gasteiger partial charge in [0, 0.05) is 12.8 Å². The van der Waals surface area contributed by atoms with E-state index in [0.29, 0.717) is 17.4 Å². The number of ether oxygens (including phenoxy) is 1. The molecule has 3 unspecified atom stereocenters. The highest BCUT2D eigenvalue weighted by atomic mass is 31.2. The monoisotopic (exact) mass is 1150 g/mol. The van der Waals surface area contributed by atoms with Gasteiger partial charge in [-0.2, -0.15) is 0 Å². The van der Waals surface area contributed by atoms with Gasteiger partial charge in [-0.05, 0) is 63.9 Å². The minimum absolute atomic E-state index is 0.0363. The number of quaternary nitrogens is 1. The molecule has 0 heterocycles. The summed E-state index contributed by atoms with van der Waals surface area (Å²) in [6.45, 7) is 6.70. The molecule has 0 radical (unpaired) electrons. The van der Waals surface area contributed by atoms with E-state index >= 15 is 0 Å². The molecule has 9 nitrogen and oxygen atoms in total. The number of likely N-dealkylation sites (N-methyl/N-ethyl adjacent to an activating group) is 1. The van der Waals surface area contributed by atoms with E-state index in [-0.39, 0.29) is 31.3 Å². The molecule has 0 aliphatic carbocycles. The molecule has 472 valence electrons. The fourth-order valence-electron chi connectivity index (χ4n) is 9.92. The first-order valence-corrected chi connectivity index (χ1v) is 35.7. The van der Waals surface area contributed by atoms with Crippen LogP contribution in [0, 0.1) is 0 Å². The van der Waals surface area contributed by atoms with Gasteiger partial charge in [0.1, 0.15) is 19.3 Å². The summed E-state index contributed by atoms with van der Waals surface area (Å²) in [6, 6.07) is -0.929. The Labute approximate surface area is 502 Å². The van der Waals surface area contributed by atoms with Crippen molar-refractivity contribution in [3.8, 4) is 0 Å². The first kappa shape index (κ1) is 78.5. The van der Waals surface area contributed by atoms with Gasteiger partial charge in [-0.15, -0.1) is 0 Å². The lowest BCUT2D eigenvalue weighted by Crippen LogP contribution is -2.47. The van der Waals surface area contributed by atoms with Gasteiger partial charge >= 0.3 is 5.97 Å². The van der Waals surface area contributed by atoms with Gasteiger partial charge in [-0.3, -0.25) is 14.2 Å². The second-order valence-corrected chi connectivity index (χ2v) is 25.7. The van der Waals surface area contributed by atoms with Crippen LogP contribution in [0.15, 0.2) is 72.9 Å². The lowest BCUT2D eigenvalue weighted by Gasteiger charge is -2.30. The number of phosphoric ester groups is 1. The average molecular weight is 1160 g/mol. The molecule has 0 fully saturated rings. The molecule has 0 aromatic heterocycles. The largest absolute Gasteiger partial charge is 0.756 e. The summed E-state index contributed by atoms with van der Waals surface area (Å²) in [5.41, 5.74) is 0. The van der Waals surface area contributed by atoms with Gasteiger partial charge in [0.05, 0.1) is 33.8 Å². The third-order valence-electron chi connectivity index (χ3n) is 15.2. The van der Waals surface area contributed by atoms with Crippen LogP contribution in [0.2, 0.25) is 0 Å². The fourth-order valence-corrected chi connectivity index (χ4v) is 10.6. The van der Waals surface area contributed by atoms with E-state index in [1.54, 1.807) is 0 Å². The maximum atomic E-state index is 13.5. The molecule has 0 saturated carbocycles. The SMILES string of the molecule is CC/C=C/C/C=C/C/C=C/C/C=C/C/C=C/CCC(=O)NC(COP(=O)([O-])OCC[N+](C)(C)C)C(/C=C\CCCCCCCCCCCC)OC(=O)CCCCCCCCCCCCCCCCCCCCCCCCCCCCC. The zero-order valence-electron chi connectivity index (χ0n) is 54.0. The molecular weight excluding hydrogens is 1020 g/mol. The number of unbranched alkanes of at least 4 members (excludes halogenated alkanes) is 36. The number of phosphoric acid groups is 1. The van der Waals surface area contributed by atoms with Crippen molar-refractivity contribution in [3.63, 3.8) is 0 Å². The number of esters is 1. The van der Waals surface area contributed by atoms with E-state index in [1.807, 2.05) is 45.4 Å². The Morgan fingerprint density at radius 1 is 0.444 bits per heavy atom. The Morgan fingerprint density at radius 3 is 1.19 bits per heavy atom. The molecule has 0 saturated heterocycles. The Kier molecular flexibility index (Phi) is 58.7. The third kappa shape index (κ3) is 61.8. The molecule has 0 aliphatic rings.